The number of carbonyl (C=O) groups is 2. The minimum Gasteiger partial charge on any atom is -0.481 e. The lowest BCUT2D eigenvalue weighted by Crippen LogP contribution is -2.44. The number of carboxylic acids is 1. The summed E-state index contributed by atoms with van der Waals surface area (Å²) >= 11 is 0. The molecular formula is C12H20N2O3. The molecule has 0 aromatic carbocycles. The van der Waals surface area contributed by atoms with Crippen LogP contribution in [0.15, 0.2) is 0 Å². The Morgan fingerprint density at radius 2 is 2.18 bits per heavy atom. The Balaban J connectivity index is 3.93. The summed E-state index contributed by atoms with van der Waals surface area (Å²) in [5, 5.41) is 11.3. The van der Waals surface area contributed by atoms with Crippen molar-refractivity contribution in [1.29, 1.82) is 0 Å². The lowest BCUT2D eigenvalue weighted by molar-refractivity contribution is -0.137. The van der Waals surface area contributed by atoms with Crippen LogP contribution in [0, 0.1) is 12.3 Å². The van der Waals surface area contributed by atoms with Crippen molar-refractivity contribution < 1.29 is 14.7 Å². The van der Waals surface area contributed by atoms with Crippen LogP contribution in [-0.4, -0.2) is 41.1 Å². The third-order valence-corrected chi connectivity index (χ3v) is 2.35. The summed E-state index contributed by atoms with van der Waals surface area (Å²) in [7, 11) is 0. The summed E-state index contributed by atoms with van der Waals surface area (Å²) < 4.78 is 0. The highest BCUT2D eigenvalue weighted by atomic mass is 16.4. The van der Waals surface area contributed by atoms with E-state index in [9.17, 15) is 9.59 Å². The summed E-state index contributed by atoms with van der Waals surface area (Å²) in [5.41, 5.74) is 0. The Bertz CT molecular complexity index is 297. The monoisotopic (exact) mass is 240 g/mol. The fourth-order valence-electron chi connectivity index (χ4n) is 1.37. The van der Waals surface area contributed by atoms with Gasteiger partial charge >= 0.3 is 12.0 Å². The topological polar surface area (TPSA) is 69.6 Å². The molecule has 1 unspecified atom stereocenters. The van der Waals surface area contributed by atoms with E-state index in [2.05, 4.69) is 11.2 Å². The fourth-order valence-corrected chi connectivity index (χ4v) is 1.37. The van der Waals surface area contributed by atoms with Gasteiger partial charge in [-0.1, -0.05) is 5.92 Å². The van der Waals surface area contributed by atoms with Crippen molar-refractivity contribution in [3.8, 4) is 12.3 Å². The second-order valence-corrected chi connectivity index (χ2v) is 3.85. The molecule has 0 radical (unpaired) electrons. The first-order valence-corrected chi connectivity index (χ1v) is 5.72. The van der Waals surface area contributed by atoms with Gasteiger partial charge in [0.2, 0.25) is 0 Å². The van der Waals surface area contributed by atoms with E-state index in [1.165, 1.54) is 4.90 Å². The number of hydrogen-bond acceptors (Lipinski definition) is 2. The van der Waals surface area contributed by atoms with Gasteiger partial charge in [-0.05, 0) is 26.7 Å². The molecule has 0 aromatic heterocycles. The van der Waals surface area contributed by atoms with Gasteiger partial charge < -0.3 is 15.3 Å². The normalized spacial score (nSPS) is 11.4. The van der Waals surface area contributed by atoms with Crippen LogP contribution in [-0.2, 0) is 4.79 Å². The largest absolute Gasteiger partial charge is 0.481 e. The lowest BCUT2D eigenvalue weighted by Gasteiger charge is -2.21. The van der Waals surface area contributed by atoms with Gasteiger partial charge in [-0.2, -0.15) is 0 Å². The third-order valence-electron chi connectivity index (χ3n) is 2.35. The van der Waals surface area contributed by atoms with E-state index in [1.807, 2.05) is 13.8 Å². The second-order valence-electron chi connectivity index (χ2n) is 3.85. The molecule has 0 aromatic rings. The molecule has 0 saturated carbocycles. The van der Waals surface area contributed by atoms with Crippen LogP contribution in [0.3, 0.4) is 0 Å². The van der Waals surface area contributed by atoms with Crippen LogP contribution < -0.4 is 5.32 Å². The standard InChI is InChI=1S/C12H20N2O3/c1-4-9-14(5-2)12(17)13-10(3)7-6-8-11(15)16/h1,10H,5-9H2,2-3H3,(H,13,17)(H,15,16). The van der Waals surface area contributed by atoms with E-state index in [4.69, 9.17) is 11.5 Å². The molecule has 2 amide bonds. The maximum atomic E-state index is 11.7. The van der Waals surface area contributed by atoms with E-state index in [0.29, 0.717) is 19.4 Å². The zero-order valence-corrected chi connectivity index (χ0v) is 10.4. The molecule has 2 N–H and O–H groups in total. The number of nitrogens with one attached hydrogen (secondary N) is 1. The van der Waals surface area contributed by atoms with Gasteiger partial charge in [0.25, 0.3) is 0 Å². The number of carbonyl (C=O) groups excluding carboxylic acids is 1. The molecule has 5 nitrogen and oxygen atoms in total. The van der Waals surface area contributed by atoms with E-state index >= 15 is 0 Å². The quantitative estimate of drug-likeness (QED) is 0.659. The Morgan fingerprint density at radius 1 is 1.53 bits per heavy atom. The summed E-state index contributed by atoms with van der Waals surface area (Å²) in [5.74, 6) is 1.60. The number of amides is 2. The van der Waals surface area contributed by atoms with Gasteiger partial charge in [-0.15, -0.1) is 6.42 Å². The zero-order valence-electron chi connectivity index (χ0n) is 10.4. The number of hydrogen-bond donors (Lipinski definition) is 2. The van der Waals surface area contributed by atoms with Crippen molar-refractivity contribution in [1.82, 2.24) is 10.2 Å². The van der Waals surface area contributed by atoms with Crippen LogP contribution in [0.4, 0.5) is 4.79 Å². The number of aliphatic carboxylic acids is 1. The predicted octanol–water partition coefficient (Wildman–Crippen LogP) is 1.29. The lowest BCUT2D eigenvalue weighted by atomic mass is 10.1. The van der Waals surface area contributed by atoms with Crippen LogP contribution in [0.2, 0.25) is 0 Å². The first-order valence-electron chi connectivity index (χ1n) is 5.72. The molecule has 0 saturated heterocycles. The SMILES string of the molecule is C#CCN(CC)C(=O)NC(C)CCCC(=O)O. The van der Waals surface area contributed by atoms with E-state index in [1.54, 1.807) is 0 Å². The van der Waals surface area contributed by atoms with E-state index in [-0.39, 0.29) is 25.0 Å². The van der Waals surface area contributed by atoms with E-state index < -0.39 is 5.97 Å². The third kappa shape index (κ3) is 7.23. The molecule has 0 heterocycles. The summed E-state index contributed by atoms with van der Waals surface area (Å²) in [4.78, 5) is 23.5. The highest BCUT2D eigenvalue weighted by Crippen LogP contribution is 2.01. The number of carboxylic acid groups (broad SMARTS) is 1. The first kappa shape index (κ1) is 15.3. The number of terminal acetylenes is 1. The Kier molecular flexibility index (Phi) is 7.61. The van der Waals surface area contributed by atoms with Crippen LogP contribution >= 0.6 is 0 Å². The summed E-state index contributed by atoms with van der Waals surface area (Å²) in [6, 6.07) is -0.248. The zero-order chi connectivity index (χ0) is 13.3. The molecule has 1 atom stereocenters. The van der Waals surface area contributed by atoms with Gasteiger partial charge in [0.05, 0.1) is 6.54 Å². The van der Waals surface area contributed by atoms with Gasteiger partial charge in [-0.25, -0.2) is 4.79 Å². The number of rotatable bonds is 7. The van der Waals surface area contributed by atoms with Crippen molar-refractivity contribution in [3.63, 3.8) is 0 Å². The molecule has 96 valence electrons. The molecule has 0 aliphatic rings. The second kappa shape index (κ2) is 8.45. The molecular weight excluding hydrogens is 220 g/mol. The minimum absolute atomic E-state index is 0.0475. The van der Waals surface area contributed by atoms with Gasteiger partial charge in [0, 0.05) is 19.0 Å². The first-order chi connectivity index (χ1) is 8.01. The average Bonchev–Trinajstić information content (AvgIpc) is 2.24. The maximum Gasteiger partial charge on any atom is 0.318 e. The minimum atomic E-state index is -0.814. The van der Waals surface area contributed by atoms with Crippen LogP contribution in [0.25, 0.3) is 0 Å². The molecule has 0 rings (SSSR count). The predicted molar refractivity (Wildman–Crippen MR) is 65.6 cm³/mol. The number of nitrogens with zero attached hydrogens (tertiary/aromatic N) is 1. The molecule has 5 heteroatoms. The van der Waals surface area contributed by atoms with Crippen molar-refractivity contribution in [2.75, 3.05) is 13.1 Å². The van der Waals surface area contributed by atoms with Gasteiger partial charge in [0.1, 0.15) is 0 Å². The highest BCUT2D eigenvalue weighted by Gasteiger charge is 2.13. The molecule has 0 aliphatic heterocycles. The van der Waals surface area contributed by atoms with Gasteiger partial charge in [-0.3, -0.25) is 4.79 Å². The van der Waals surface area contributed by atoms with Crippen LogP contribution in [0.5, 0.6) is 0 Å². The Morgan fingerprint density at radius 3 is 2.65 bits per heavy atom. The van der Waals surface area contributed by atoms with Gasteiger partial charge in [0.15, 0.2) is 0 Å². The van der Waals surface area contributed by atoms with E-state index in [0.717, 1.165) is 0 Å². The van der Waals surface area contributed by atoms with Crippen LogP contribution in [0.1, 0.15) is 33.1 Å². The molecule has 17 heavy (non-hydrogen) atoms. The Labute approximate surface area is 102 Å². The molecule has 0 fully saturated rings. The summed E-state index contributed by atoms with van der Waals surface area (Å²) in [6.45, 7) is 4.54. The van der Waals surface area contributed by atoms with Crippen molar-refractivity contribution in [3.05, 3.63) is 0 Å². The highest BCUT2D eigenvalue weighted by molar-refractivity contribution is 5.74. The molecule has 0 spiro atoms. The average molecular weight is 240 g/mol. The fraction of sp³-hybridized carbons (Fsp3) is 0.667. The van der Waals surface area contributed by atoms with Crippen molar-refractivity contribution in [2.24, 2.45) is 0 Å². The molecule has 0 bridgehead atoms. The Hall–Kier alpha value is -1.70. The molecule has 0 aliphatic carbocycles. The number of urea groups is 1. The summed E-state index contributed by atoms with van der Waals surface area (Å²) in [6.07, 6.45) is 6.48. The maximum absolute atomic E-state index is 11.7. The smallest absolute Gasteiger partial charge is 0.318 e. The van der Waals surface area contributed by atoms with Crippen molar-refractivity contribution >= 4 is 12.0 Å². The van der Waals surface area contributed by atoms with Crippen molar-refractivity contribution in [2.45, 2.75) is 39.2 Å².